The third-order valence-electron chi connectivity index (χ3n) is 0.477. The minimum atomic E-state index is -4.27. The van der Waals surface area contributed by atoms with Gasteiger partial charge in [-0.2, -0.15) is 0 Å². The highest BCUT2D eigenvalue weighted by molar-refractivity contribution is 7.80. The first-order chi connectivity index (χ1) is 4.21. The predicted molar refractivity (Wildman–Crippen MR) is 32.3 cm³/mol. The summed E-state index contributed by atoms with van der Waals surface area (Å²) in [5.74, 6) is -3.13. The summed E-state index contributed by atoms with van der Waals surface area (Å²) in [4.78, 5) is 8.15. The van der Waals surface area contributed by atoms with Gasteiger partial charge >= 0.3 is 6.95 Å². The van der Waals surface area contributed by atoms with Crippen molar-refractivity contribution in [3.8, 4) is 0 Å². The smallest absolute Gasteiger partial charge is 0.313 e. The minimum absolute atomic E-state index is 0.555. The maximum absolute atomic E-state index is 11.8. The molecular weight excluding hydrogens is 188 g/mol. The van der Waals surface area contributed by atoms with E-state index in [0.717, 1.165) is 0 Å². The minimum Gasteiger partial charge on any atom is -0.313 e. The van der Waals surface area contributed by atoms with Crippen molar-refractivity contribution in [3.05, 3.63) is 0 Å². The quantitative estimate of drug-likeness (QED) is 0.699. The summed E-state index contributed by atoms with van der Waals surface area (Å²) in [7, 11) is 0. The molecule has 0 aromatic carbocycles. The number of rotatable bonds is 3. The Morgan fingerprint density at radius 2 is 2.20 bits per heavy atom. The number of hydrogen-bond acceptors (Lipinski definition) is 2. The normalized spacial score (nSPS) is 18.5. The second kappa shape index (κ2) is 3.13. The number of halogens is 3. The molecule has 0 saturated carbocycles. The predicted octanol–water partition coefficient (Wildman–Crippen LogP) is 2.00. The maximum Gasteiger partial charge on any atom is 0.421 e. The molecule has 0 fully saturated rings. The first-order valence-electron chi connectivity index (χ1n) is 2.25. The van der Waals surface area contributed by atoms with Crippen LogP contribution in [0.15, 0.2) is 0 Å². The monoisotopic (exact) mass is 194 g/mol. The topological polar surface area (TPSA) is 46.5 Å². The summed E-state index contributed by atoms with van der Waals surface area (Å²) in [6.45, 7) is -4.86. The van der Waals surface area contributed by atoms with E-state index in [4.69, 9.17) is 4.89 Å². The van der Waals surface area contributed by atoms with Crippen molar-refractivity contribution >= 4 is 18.2 Å². The molecule has 0 spiro atoms. The zero-order valence-corrected chi connectivity index (χ0v) is 6.70. The fourth-order valence-corrected chi connectivity index (χ4v) is 0.725. The van der Waals surface area contributed by atoms with Gasteiger partial charge in [0.2, 0.25) is 0 Å². The van der Waals surface area contributed by atoms with Gasteiger partial charge in [0.25, 0.3) is 5.92 Å². The van der Waals surface area contributed by atoms with Gasteiger partial charge in [-0.05, 0) is 0 Å². The van der Waals surface area contributed by atoms with Gasteiger partial charge in [0.15, 0.2) is 0 Å². The van der Waals surface area contributed by atoms with Gasteiger partial charge < -0.3 is 4.89 Å². The molecule has 0 saturated heterocycles. The van der Waals surface area contributed by atoms with Crippen molar-refractivity contribution in [1.82, 2.24) is 0 Å². The number of alkyl halides is 2. The van der Waals surface area contributed by atoms with Gasteiger partial charge in [0.05, 0.1) is 0 Å². The van der Waals surface area contributed by atoms with Crippen LogP contribution in [0, 0.1) is 0 Å². The second-order valence-corrected chi connectivity index (χ2v) is 4.24. The van der Waals surface area contributed by atoms with Crippen LogP contribution in [0.5, 0.6) is 0 Å². The Hall–Kier alpha value is 0.300. The molecule has 62 valence electrons. The maximum atomic E-state index is 11.8. The van der Waals surface area contributed by atoms with Crippen molar-refractivity contribution in [3.63, 3.8) is 0 Å². The Morgan fingerprint density at radius 3 is 2.30 bits per heavy atom. The molecule has 1 N–H and O–H groups in total. The summed E-state index contributed by atoms with van der Waals surface area (Å²) in [6.07, 6.45) is 0. The van der Waals surface area contributed by atoms with Crippen molar-refractivity contribution in [2.24, 2.45) is 0 Å². The molecule has 0 aliphatic rings. The van der Waals surface area contributed by atoms with Gasteiger partial charge in [-0.15, -0.1) is 0 Å². The van der Waals surface area contributed by atoms with Crippen LogP contribution in [0.3, 0.4) is 0 Å². The summed E-state index contributed by atoms with van der Waals surface area (Å²) in [6, 6.07) is 0. The first-order valence-corrected chi connectivity index (χ1v) is 4.74. The van der Waals surface area contributed by atoms with Crippen molar-refractivity contribution < 1.29 is 22.8 Å². The van der Waals surface area contributed by atoms with Crippen molar-refractivity contribution in [1.29, 1.82) is 0 Å². The highest BCUT2D eigenvalue weighted by Crippen LogP contribution is 2.48. The van der Waals surface area contributed by atoms with Gasteiger partial charge in [-0.1, -0.05) is 0 Å². The average Bonchev–Trinajstić information content (AvgIpc) is 1.57. The molecule has 1 atom stereocenters. The zero-order valence-electron chi connectivity index (χ0n) is 5.05. The molecule has 0 radical (unpaired) electrons. The lowest BCUT2D eigenvalue weighted by atomic mass is 10.4. The molecule has 0 aliphatic carbocycles. The summed E-state index contributed by atoms with van der Waals surface area (Å²) in [5.41, 5.74) is 0. The average molecular weight is 195 g/mol. The molecule has 0 amide bonds. The van der Waals surface area contributed by atoms with Crippen LogP contribution in [0.25, 0.3) is 0 Å². The van der Waals surface area contributed by atoms with Gasteiger partial charge in [0, 0.05) is 18.2 Å². The molecule has 10 heavy (non-hydrogen) atoms. The van der Waals surface area contributed by atoms with Crippen LogP contribution in [0.4, 0.5) is 8.78 Å². The van der Waals surface area contributed by atoms with E-state index in [1.807, 2.05) is 0 Å². The third-order valence-corrected chi connectivity index (χ3v) is 1.22. The van der Waals surface area contributed by atoms with E-state index in [-0.39, 0.29) is 0 Å². The first kappa shape index (κ1) is 10.3. The molecule has 0 heterocycles. The van der Waals surface area contributed by atoms with Crippen LogP contribution >= 0.6 is 18.2 Å². The molecular formula is C3H6ClF2O3P. The van der Waals surface area contributed by atoms with Crippen molar-refractivity contribution in [2.75, 3.05) is 6.61 Å². The largest absolute Gasteiger partial charge is 0.421 e. The molecule has 0 aromatic rings. The molecule has 0 aromatic heterocycles. The molecule has 3 nitrogen and oxygen atoms in total. The molecule has 7 heteroatoms. The van der Waals surface area contributed by atoms with E-state index in [1.165, 1.54) is 0 Å². The molecule has 0 aliphatic heterocycles. The van der Waals surface area contributed by atoms with E-state index in [2.05, 4.69) is 15.8 Å². The lowest BCUT2D eigenvalue weighted by Crippen LogP contribution is -2.16. The Labute approximate surface area is 61.3 Å². The van der Waals surface area contributed by atoms with Crippen LogP contribution in [0.2, 0.25) is 0 Å². The number of hydrogen-bond donors (Lipinski definition) is 1. The SMILES string of the molecule is CC(F)(F)COP(=O)(O)Cl. The van der Waals surface area contributed by atoms with Crippen molar-refractivity contribution in [2.45, 2.75) is 12.8 Å². The third kappa shape index (κ3) is 8.30. The van der Waals surface area contributed by atoms with Crippen LogP contribution in [0.1, 0.15) is 6.92 Å². The molecule has 0 rings (SSSR count). The Balaban J connectivity index is 3.67. The Morgan fingerprint density at radius 1 is 1.80 bits per heavy atom. The van der Waals surface area contributed by atoms with Gasteiger partial charge in [-0.3, -0.25) is 4.52 Å². The Kier molecular flexibility index (Phi) is 3.23. The van der Waals surface area contributed by atoms with E-state index in [1.54, 1.807) is 0 Å². The highest BCUT2D eigenvalue weighted by Gasteiger charge is 2.26. The lowest BCUT2D eigenvalue weighted by Gasteiger charge is -2.10. The van der Waals surface area contributed by atoms with E-state index in [0.29, 0.717) is 6.92 Å². The second-order valence-electron chi connectivity index (χ2n) is 1.80. The zero-order chi connectivity index (χ0) is 8.41. The van der Waals surface area contributed by atoms with Crippen LogP contribution < -0.4 is 0 Å². The molecule has 1 unspecified atom stereocenters. The van der Waals surface area contributed by atoms with Crippen LogP contribution in [-0.4, -0.2) is 17.4 Å². The fraction of sp³-hybridized carbons (Fsp3) is 1.00. The fourth-order valence-electron chi connectivity index (χ4n) is 0.193. The van der Waals surface area contributed by atoms with E-state index >= 15 is 0 Å². The van der Waals surface area contributed by atoms with Gasteiger partial charge in [-0.25, -0.2) is 13.3 Å². The molecule has 0 bridgehead atoms. The summed E-state index contributed by atoms with van der Waals surface area (Å²) < 4.78 is 37.4. The summed E-state index contributed by atoms with van der Waals surface area (Å²) >= 11 is 4.59. The van der Waals surface area contributed by atoms with Gasteiger partial charge in [0.1, 0.15) is 6.61 Å². The highest BCUT2D eigenvalue weighted by atomic mass is 35.7. The summed E-state index contributed by atoms with van der Waals surface area (Å²) in [5, 5.41) is 0. The van der Waals surface area contributed by atoms with E-state index < -0.39 is 19.5 Å². The van der Waals surface area contributed by atoms with Crippen LogP contribution in [-0.2, 0) is 9.09 Å². The van der Waals surface area contributed by atoms with E-state index in [9.17, 15) is 13.3 Å². The standard InChI is InChI=1S/C3H6ClF2O3P/c1-3(5,6)2-9-10(4,7)8/h2H2,1H3,(H,7,8). The lowest BCUT2D eigenvalue weighted by molar-refractivity contribution is -0.0245. The Bertz CT molecular complexity index is 150.